The van der Waals surface area contributed by atoms with E-state index in [-0.39, 0.29) is 6.04 Å². The zero-order valence-electron chi connectivity index (χ0n) is 17.1. The van der Waals surface area contributed by atoms with Gasteiger partial charge in [0.2, 0.25) is 5.89 Å². The number of hydrogen-bond acceptors (Lipinski definition) is 6. The Morgan fingerprint density at radius 3 is 2.67 bits per heavy atom. The predicted molar refractivity (Wildman–Crippen MR) is 112 cm³/mol. The quantitative estimate of drug-likeness (QED) is 0.635. The van der Waals surface area contributed by atoms with Crippen LogP contribution in [0.25, 0.3) is 22.6 Å². The highest BCUT2D eigenvalue weighted by molar-refractivity contribution is 5.76. The minimum absolute atomic E-state index is 0.174. The van der Waals surface area contributed by atoms with E-state index in [0.717, 1.165) is 48.3 Å². The first-order valence-electron chi connectivity index (χ1n) is 10.1. The number of aromatic nitrogens is 2. The lowest BCUT2D eigenvalue weighted by molar-refractivity contribution is 0.189. The van der Waals surface area contributed by atoms with E-state index in [4.69, 9.17) is 13.9 Å². The number of benzene rings is 1. The Balaban J connectivity index is 1.52. The summed E-state index contributed by atoms with van der Waals surface area (Å²) in [7, 11) is 1.60. The maximum atomic E-state index is 12.4. The molecule has 2 heterocycles. The summed E-state index contributed by atoms with van der Waals surface area (Å²) in [5, 5.41) is 2.98. The highest BCUT2D eigenvalue weighted by Gasteiger charge is 2.21. The molecule has 7 heteroatoms. The monoisotopic (exact) mass is 407 g/mol. The van der Waals surface area contributed by atoms with Crippen LogP contribution in [-0.4, -0.2) is 29.2 Å². The minimum atomic E-state index is -0.433. The number of nitrogens with one attached hydrogen (secondary N) is 1. The van der Waals surface area contributed by atoms with E-state index in [1.54, 1.807) is 43.9 Å². The Bertz CT molecular complexity index is 995. The van der Waals surface area contributed by atoms with Gasteiger partial charge in [-0.2, -0.15) is 0 Å². The standard InChI is InChI=1S/C23H25N3O4/c1-15-3-5-18(6-4-15)26-23(27)30-19-7-8-21(28-2)20(12-19)16-11-17(14-24-13-16)22-25-9-10-29-22/h7-15,18H,3-6H2,1-2H3,(H,26,27). The van der Waals surface area contributed by atoms with Crippen molar-refractivity contribution in [3.05, 3.63) is 49.1 Å². The number of methoxy groups -OCH3 is 1. The largest absolute Gasteiger partial charge is 0.496 e. The molecule has 1 aliphatic rings. The zero-order chi connectivity index (χ0) is 20.9. The first-order chi connectivity index (χ1) is 14.6. The van der Waals surface area contributed by atoms with E-state index in [9.17, 15) is 4.79 Å². The number of oxazole rings is 1. The summed E-state index contributed by atoms with van der Waals surface area (Å²) in [6.45, 7) is 2.25. The number of hydrogen-bond donors (Lipinski definition) is 1. The summed E-state index contributed by atoms with van der Waals surface area (Å²) in [6.07, 6.45) is 10.3. The molecule has 1 saturated carbocycles. The summed E-state index contributed by atoms with van der Waals surface area (Å²) in [6, 6.07) is 7.35. The number of amides is 1. The van der Waals surface area contributed by atoms with Gasteiger partial charge in [-0.25, -0.2) is 9.78 Å². The lowest BCUT2D eigenvalue weighted by Gasteiger charge is -2.26. The second kappa shape index (κ2) is 8.98. The van der Waals surface area contributed by atoms with Gasteiger partial charge in [0.15, 0.2) is 0 Å². The molecule has 156 valence electrons. The lowest BCUT2D eigenvalue weighted by Crippen LogP contribution is -2.39. The zero-order valence-corrected chi connectivity index (χ0v) is 17.1. The van der Waals surface area contributed by atoms with E-state index >= 15 is 0 Å². The van der Waals surface area contributed by atoms with Gasteiger partial charge in [0.1, 0.15) is 17.8 Å². The van der Waals surface area contributed by atoms with Gasteiger partial charge >= 0.3 is 6.09 Å². The van der Waals surface area contributed by atoms with Crippen molar-refractivity contribution in [3.8, 4) is 34.1 Å². The molecule has 4 rings (SSSR count). The van der Waals surface area contributed by atoms with E-state index < -0.39 is 6.09 Å². The second-order valence-corrected chi connectivity index (χ2v) is 7.65. The van der Waals surface area contributed by atoms with Crippen molar-refractivity contribution in [2.45, 2.75) is 38.6 Å². The summed E-state index contributed by atoms with van der Waals surface area (Å²) < 4.78 is 16.4. The van der Waals surface area contributed by atoms with Crippen LogP contribution in [0, 0.1) is 5.92 Å². The summed E-state index contributed by atoms with van der Waals surface area (Å²) in [4.78, 5) is 20.8. The number of ether oxygens (including phenoxy) is 2. The first-order valence-corrected chi connectivity index (χ1v) is 10.1. The van der Waals surface area contributed by atoms with Gasteiger partial charge in [-0.1, -0.05) is 6.92 Å². The predicted octanol–water partition coefficient (Wildman–Crippen LogP) is 5.08. The van der Waals surface area contributed by atoms with Crippen LogP contribution in [-0.2, 0) is 0 Å². The van der Waals surface area contributed by atoms with Crippen LogP contribution in [0.5, 0.6) is 11.5 Å². The topological polar surface area (TPSA) is 86.5 Å². The summed E-state index contributed by atoms with van der Waals surface area (Å²) >= 11 is 0. The number of pyridine rings is 1. The van der Waals surface area contributed by atoms with Crippen LogP contribution in [0.1, 0.15) is 32.6 Å². The van der Waals surface area contributed by atoms with Gasteiger partial charge in [-0.05, 0) is 55.9 Å². The fourth-order valence-electron chi connectivity index (χ4n) is 3.75. The molecule has 0 spiro atoms. The highest BCUT2D eigenvalue weighted by Crippen LogP contribution is 2.35. The Kier molecular flexibility index (Phi) is 5.97. The molecule has 0 radical (unpaired) electrons. The molecule has 0 atom stereocenters. The average molecular weight is 407 g/mol. The third kappa shape index (κ3) is 4.62. The van der Waals surface area contributed by atoms with E-state index in [1.165, 1.54) is 6.26 Å². The molecule has 1 fully saturated rings. The number of carbonyl (C=O) groups is 1. The number of carbonyl (C=O) groups excluding carboxylic acids is 1. The van der Waals surface area contributed by atoms with Crippen LogP contribution >= 0.6 is 0 Å². The average Bonchev–Trinajstić information content (AvgIpc) is 3.30. The molecule has 2 aromatic heterocycles. The lowest BCUT2D eigenvalue weighted by atomic mass is 9.87. The molecule has 0 aliphatic heterocycles. The highest BCUT2D eigenvalue weighted by atomic mass is 16.6. The molecule has 3 aromatic rings. The van der Waals surface area contributed by atoms with Crippen LogP contribution in [0.2, 0.25) is 0 Å². The van der Waals surface area contributed by atoms with Crippen molar-refractivity contribution in [3.63, 3.8) is 0 Å². The molecule has 30 heavy (non-hydrogen) atoms. The molecule has 0 unspecified atom stereocenters. The molecular formula is C23H25N3O4. The third-order valence-corrected chi connectivity index (χ3v) is 5.45. The number of rotatable bonds is 5. The number of nitrogens with zero attached hydrogens (tertiary/aromatic N) is 2. The normalized spacial score (nSPS) is 18.6. The van der Waals surface area contributed by atoms with Crippen molar-refractivity contribution >= 4 is 6.09 Å². The Morgan fingerprint density at radius 1 is 1.13 bits per heavy atom. The molecule has 1 amide bonds. The maximum absolute atomic E-state index is 12.4. The molecule has 1 aliphatic carbocycles. The van der Waals surface area contributed by atoms with Gasteiger partial charge in [0.05, 0.1) is 18.9 Å². The van der Waals surface area contributed by atoms with E-state index in [1.807, 2.05) is 6.07 Å². The van der Waals surface area contributed by atoms with Crippen molar-refractivity contribution in [2.75, 3.05) is 7.11 Å². The molecule has 7 nitrogen and oxygen atoms in total. The smallest absolute Gasteiger partial charge is 0.412 e. The van der Waals surface area contributed by atoms with Crippen molar-refractivity contribution in [1.82, 2.24) is 15.3 Å². The Morgan fingerprint density at radius 2 is 1.93 bits per heavy atom. The van der Waals surface area contributed by atoms with E-state index in [0.29, 0.717) is 17.4 Å². The van der Waals surface area contributed by atoms with Crippen LogP contribution in [0.4, 0.5) is 4.79 Å². The van der Waals surface area contributed by atoms with Crippen molar-refractivity contribution < 1.29 is 18.7 Å². The van der Waals surface area contributed by atoms with Crippen molar-refractivity contribution in [2.24, 2.45) is 5.92 Å². The van der Waals surface area contributed by atoms with Gasteiger partial charge in [-0.3, -0.25) is 4.98 Å². The fraction of sp³-hybridized carbons (Fsp3) is 0.348. The fourth-order valence-corrected chi connectivity index (χ4v) is 3.75. The Labute approximate surface area is 175 Å². The minimum Gasteiger partial charge on any atom is -0.496 e. The maximum Gasteiger partial charge on any atom is 0.412 e. The molecule has 1 aromatic carbocycles. The van der Waals surface area contributed by atoms with Gasteiger partial charge < -0.3 is 19.2 Å². The second-order valence-electron chi connectivity index (χ2n) is 7.65. The van der Waals surface area contributed by atoms with Gasteiger partial charge in [-0.15, -0.1) is 0 Å². The molecule has 0 saturated heterocycles. The summed E-state index contributed by atoms with van der Waals surface area (Å²) in [5.41, 5.74) is 2.31. The molecule has 1 N–H and O–H groups in total. The van der Waals surface area contributed by atoms with E-state index in [2.05, 4.69) is 22.2 Å². The van der Waals surface area contributed by atoms with Crippen molar-refractivity contribution in [1.29, 1.82) is 0 Å². The summed E-state index contributed by atoms with van der Waals surface area (Å²) in [5.74, 6) is 2.30. The Hall–Kier alpha value is -3.35. The SMILES string of the molecule is COc1ccc(OC(=O)NC2CCC(C)CC2)cc1-c1cncc(-c2ncco2)c1. The van der Waals surface area contributed by atoms with Crippen LogP contribution in [0.3, 0.4) is 0 Å². The van der Waals surface area contributed by atoms with Crippen LogP contribution in [0.15, 0.2) is 53.5 Å². The van der Waals surface area contributed by atoms with Gasteiger partial charge in [0.25, 0.3) is 0 Å². The first kappa shape index (κ1) is 19.9. The molecule has 0 bridgehead atoms. The third-order valence-electron chi connectivity index (χ3n) is 5.45. The van der Waals surface area contributed by atoms with Crippen LogP contribution < -0.4 is 14.8 Å². The van der Waals surface area contributed by atoms with Gasteiger partial charge in [0, 0.05) is 29.6 Å². The molecular weight excluding hydrogens is 382 g/mol.